The Morgan fingerprint density at radius 3 is 2.61 bits per heavy atom. The predicted octanol–water partition coefficient (Wildman–Crippen LogP) is 3.32. The maximum Gasteiger partial charge on any atom is 0.231 e. The van der Waals surface area contributed by atoms with Crippen LogP contribution in [0.4, 0.5) is 5.82 Å². The van der Waals surface area contributed by atoms with Gasteiger partial charge in [-0.2, -0.15) is 0 Å². The van der Waals surface area contributed by atoms with Crippen LogP contribution in [0.3, 0.4) is 0 Å². The molecule has 0 unspecified atom stereocenters. The Labute approximate surface area is 109 Å². The summed E-state index contributed by atoms with van der Waals surface area (Å²) in [7, 11) is 0. The third kappa shape index (κ3) is 2.89. The fourth-order valence-corrected chi connectivity index (χ4v) is 2.62. The largest absolute Gasteiger partial charge is 0.297 e. The monoisotopic (exact) mass is 246 g/mol. The molecule has 0 aliphatic heterocycles. The second-order valence-corrected chi connectivity index (χ2v) is 5.11. The van der Waals surface area contributed by atoms with Crippen LogP contribution < -0.4 is 4.90 Å². The molecule has 2 rings (SSSR count). The van der Waals surface area contributed by atoms with Crippen molar-refractivity contribution in [3.05, 3.63) is 23.9 Å². The number of pyridine rings is 1. The maximum atomic E-state index is 12.5. The van der Waals surface area contributed by atoms with Gasteiger partial charge in [-0.15, -0.1) is 0 Å². The van der Waals surface area contributed by atoms with Gasteiger partial charge in [0.15, 0.2) is 0 Å². The molecule has 1 amide bonds. The van der Waals surface area contributed by atoms with Crippen LogP contribution in [0, 0.1) is 12.8 Å². The molecule has 3 nitrogen and oxygen atoms in total. The van der Waals surface area contributed by atoms with Gasteiger partial charge in [-0.3, -0.25) is 9.69 Å². The Balaban J connectivity index is 2.12. The lowest BCUT2D eigenvalue weighted by atomic mass is 9.88. The highest BCUT2D eigenvalue weighted by Crippen LogP contribution is 2.26. The minimum atomic E-state index is 0.210. The Kier molecular flexibility index (Phi) is 4.34. The van der Waals surface area contributed by atoms with E-state index >= 15 is 0 Å². The number of amides is 1. The van der Waals surface area contributed by atoms with Gasteiger partial charge in [-0.1, -0.05) is 25.3 Å². The maximum absolute atomic E-state index is 12.5. The van der Waals surface area contributed by atoms with Crippen LogP contribution in [0.15, 0.2) is 18.3 Å². The summed E-state index contributed by atoms with van der Waals surface area (Å²) in [6, 6.07) is 3.96. The molecule has 1 aromatic heterocycles. The highest BCUT2D eigenvalue weighted by molar-refractivity contribution is 5.94. The number of aromatic nitrogens is 1. The topological polar surface area (TPSA) is 33.2 Å². The fourth-order valence-electron chi connectivity index (χ4n) is 2.62. The molecule has 1 saturated carbocycles. The standard InChI is InChI=1S/C15H22N2O/c1-3-17(14-10-9-12(2)11-16-14)15(18)13-7-5-4-6-8-13/h9-11,13H,3-8H2,1-2H3. The van der Waals surface area contributed by atoms with E-state index in [4.69, 9.17) is 0 Å². The minimum absolute atomic E-state index is 0.210. The number of hydrogen-bond donors (Lipinski definition) is 0. The number of anilines is 1. The van der Waals surface area contributed by atoms with Gasteiger partial charge in [0.2, 0.25) is 5.91 Å². The third-order valence-electron chi connectivity index (χ3n) is 3.71. The highest BCUT2D eigenvalue weighted by Gasteiger charge is 2.26. The second kappa shape index (κ2) is 5.98. The molecule has 18 heavy (non-hydrogen) atoms. The molecule has 1 aliphatic carbocycles. The second-order valence-electron chi connectivity index (χ2n) is 5.11. The zero-order valence-corrected chi connectivity index (χ0v) is 11.4. The summed E-state index contributed by atoms with van der Waals surface area (Å²) < 4.78 is 0. The normalized spacial score (nSPS) is 16.6. The van der Waals surface area contributed by atoms with Crippen molar-refractivity contribution in [2.24, 2.45) is 5.92 Å². The van der Waals surface area contributed by atoms with Gasteiger partial charge < -0.3 is 0 Å². The molecule has 0 spiro atoms. The lowest BCUT2D eigenvalue weighted by Gasteiger charge is -2.27. The minimum Gasteiger partial charge on any atom is -0.297 e. The van der Waals surface area contributed by atoms with Crippen molar-refractivity contribution in [3.63, 3.8) is 0 Å². The summed E-state index contributed by atoms with van der Waals surface area (Å²) in [5.41, 5.74) is 1.12. The van der Waals surface area contributed by atoms with E-state index in [2.05, 4.69) is 4.98 Å². The molecule has 1 heterocycles. The predicted molar refractivity (Wildman–Crippen MR) is 73.6 cm³/mol. The summed E-state index contributed by atoms with van der Waals surface area (Å²) in [6.45, 7) is 4.73. The zero-order chi connectivity index (χ0) is 13.0. The van der Waals surface area contributed by atoms with Crippen LogP contribution in [-0.4, -0.2) is 17.4 Å². The van der Waals surface area contributed by atoms with Crippen LogP contribution >= 0.6 is 0 Å². The molecule has 0 saturated heterocycles. The first-order valence-corrected chi connectivity index (χ1v) is 6.96. The van der Waals surface area contributed by atoms with E-state index < -0.39 is 0 Å². The number of nitrogens with zero attached hydrogens (tertiary/aromatic N) is 2. The number of carbonyl (C=O) groups is 1. The SMILES string of the molecule is CCN(C(=O)C1CCCCC1)c1ccc(C)cn1. The van der Waals surface area contributed by atoms with Gasteiger partial charge in [0.25, 0.3) is 0 Å². The van der Waals surface area contributed by atoms with Crippen LogP contribution in [0.5, 0.6) is 0 Å². The Hall–Kier alpha value is -1.38. The molecular formula is C15H22N2O. The van der Waals surface area contributed by atoms with Crippen molar-refractivity contribution in [2.45, 2.75) is 46.0 Å². The molecule has 1 fully saturated rings. The Morgan fingerprint density at radius 1 is 1.33 bits per heavy atom. The molecule has 0 atom stereocenters. The van der Waals surface area contributed by atoms with Crippen LogP contribution in [0.25, 0.3) is 0 Å². The summed E-state index contributed by atoms with van der Waals surface area (Å²) in [6.07, 6.45) is 7.57. The molecule has 1 aromatic rings. The molecule has 0 bridgehead atoms. The van der Waals surface area contributed by atoms with Gasteiger partial charge in [-0.25, -0.2) is 4.98 Å². The molecule has 0 N–H and O–H groups in total. The van der Waals surface area contributed by atoms with E-state index in [-0.39, 0.29) is 11.8 Å². The van der Waals surface area contributed by atoms with Crippen molar-refractivity contribution in [1.82, 2.24) is 4.98 Å². The van der Waals surface area contributed by atoms with Gasteiger partial charge in [0, 0.05) is 18.7 Å². The van der Waals surface area contributed by atoms with Crippen LogP contribution in [-0.2, 0) is 4.79 Å². The van der Waals surface area contributed by atoms with E-state index in [9.17, 15) is 4.79 Å². The lowest BCUT2D eigenvalue weighted by Crippen LogP contribution is -2.37. The van der Waals surface area contributed by atoms with E-state index in [0.29, 0.717) is 6.54 Å². The molecule has 0 radical (unpaired) electrons. The number of carbonyl (C=O) groups excluding carboxylic acids is 1. The highest BCUT2D eigenvalue weighted by atomic mass is 16.2. The van der Waals surface area contributed by atoms with Crippen LogP contribution in [0.2, 0.25) is 0 Å². The molecular weight excluding hydrogens is 224 g/mol. The first-order valence-electron chi connectivity index (χ1n) is 6.96. The zero-order valence-electron chi connectivity index (χ0n) is 11.4. The van der Waals surface area contributed by atoms with E-state index in [1.54, 1.807) is 0 Å². The van der Waals surface area contributed by atoms with Crippen molar-refractivity contribution >= 4 is 11.7 Å². The van der Waals surface area contributed by atoms with Gasteiger partial charge >= 0.3 is 0 Å². The number of rotatable bonds is 3. The number of aryl methyl sites for hydroxylation is 1. The van der Waals surface area contributed by atoms with Crippen molar-refractivity contribution in [3.8, 4) is 0 Å². The number of hydrogen-bond acceptors (Lipinski definition) is 2. The smallest absolute Gasteiger partial charge is 0.231 e. The molecule has 1 aliphatic rings. The first kappa shape index (κ1) is 13.1. The summed E-state index contributed by atoms with van der Waals surface area (Å²) in [5.74, 6) is 1.26. The average molecular weight is 246 g/mol. The van der Waals surface area contributed by atoms with Crippen molar-refractivity contribution < 1.29 is 4.79 Å². The summed E-state index contributed by atoms with van der Waals surface area (Å²) in [5, 5.41) is 0. The first-order chi connectivity index (χ1) is 8.72. The molecule has 98 valence electrons. The van der Waals surface area contributed by atoms with E-state index in [1.807, 2.05) is 37.1 Å². The van der Waals surface area contributed by atoms with Crippen LogP contribution in [0.1, 0.15) is 44.6 Å². The van der Waals surface area contributed by atoms with Gasteiger partial charge in [0.1, 0.15) is 5.82 Å². The quantitative estimate of drug-likeness (QED) is 0.819. The van der Waals surface area contributed by atoms with E-state index in [1.165, 1.54) is 19.3 Å². The van der Waals surface area contributed by atoms with Gasteiger partial charge in [-0.05, 0) is 38.3 Å². The van der Waals surface area contributed by atoms with Gasteiger partial charge in [0.05, 0.1) is 0 Å². The molecule has 0 aromatic carbocycles. The average Bonchev–Trinajstić information content (AvgIpc) is 2.42. The Morgan fingerprint density at radius 2 is 2.06 bits per heavy atom. The third-order valence-corrected chi connectivity index (χ3v) is 3.71. The Bertz CT molecular complexity index is 393. The van der Waals surface area contributed by atoms with E-state index in [0.717, 1.165) is 24.2 Å². The lowest BCUT2D eigenvalue weighted by molar-refractivity contribution is -0.123. The summed E-state index contributed by atoms with van der Waals surface area (Å²) >= 11 is 0. The summed E-state index contributed by atoms with van der Waals surface area (Å²) in [4.78, 5) is 18.7. The van der Waals surface area contributed by atoms with Crippen molar-refractivity contribution in [1.29, 1.82) is 0 Å². The molecule has 3 heteroatoms. The van der Waals surface area contributed by atoms with Crippen molar-refractivity contribution in [2.75, 3.05) is 11.4 Å². The fraction of sp³-hybridized carbons (Fsp3) is 0.600.